The van der Waals surface area contributed by atoms with E-state index in [1.54, 1.807) is 6.07 Å². The fraction of sp³-hybridized carbons (Fsp3) is 0.300. The monoisotopic (exact) mass is 222 g/mol. The molecule has 1 aliphatic heterocycles. The van der Waals surface area contributed by atoms with Crippen molar-refractivity contribution in [2.75, 3.05) is 0 Å². The van der Waals surface area contributed by atoms with Gasteiger partial charge in [-0.2, -0.15) is 5.10 Å². The Morgan fingerprint density at radius 1 is 1.56 bits per heavy atom. The first-order valence-electron chi connectivity index (χ1n) is 4.79. The Kier molecular flexibility index (Phi) is 2.72. The van der Waals surface area contributed by atoms with Gasteiger partial charge < -0.3 is 9.52 Å². The number of carbonyl (C=O) groups excluding carboxylic acids is 1. The molecule has 0 spiro atoms. The van der Waals surface area contributed by atoms with Gasteiger partial charge >= 0.3 is 5.97 Å². The molecule has 0 saturated carbocycles. The van der Waals surface area contributed by atoms with Crippen LogP contribution in [-0.4, -0.2) is 27.7 Å². The molecular weight excluding hydrogens is 212 g/mol. The van der Waals surface area contributed by atoms with Crippen LogP contribution < -0.4 is 0 Å². The van der Waals surface area contributed by atoms with Gasteiger partial charge in [0.25, 0.3) is 0 Å². The predicted octanol–water partition coefficient (Wildman–Crippen LogP) is 0.843. The molecule has 1 amide bonds. The summed E-state index contributed by atoms with van der Waals surface area (Å²) in [7, 11) is 0. The number of hydrogen-bond donors (Lipinski definition) is 1. The van der Waals surface area contributed by atoms with E-state index in [1.807, 2.05) is 0 Å². The van der Waals surface area contributed by atoms with Crippen molar-refractivity contribution < 1.29 is 19.1 Å². The summed E-state index contributed by atoms with van der Waals surface area (Å²) in [5.41, 5.74) is 0.798. The zero-order chi connectivity index (χ0) is 11.5. The summed E-state index contributed by atoms with van der Waals surface area (Å²) in [5.74, 6) is -1.25. The van der Waals surface area contributed by atoms with E-state index in [1.165, 1.54) is 12.5 Å². The number of carboxylic acid groups (broad SMARTS) is 1. The molecule has 6 heteroatoms. The number of rotatable bonds is 3. The quantitative estimate of drug-likeness (QED) is 0.821. The molecule has 16 heavy (non-hydrogen) atoms. The van der Waals surface area contributed by atoms with Crippen molar-refractivity contribution in [3.63, 3.8) is 0 Å². The van der Waals surface area contributed by atoms with Gasteiger partial charge in [0.15, 0.2) is 0 Å². The number of furan rings is 1. The molecular formula is C10H10N2O4. The standard InChI is InChI=1S/C10H10N2O4/c13-9-2-1-8(10(14)15)11-12(9)5-7-3-4-16-6-7/h3-4,6H,1-2,5H2,(H,14,15). The zero-order valence-corrected chi connectivity index (χ0v) is 8.42. The Labute approximate surface area is 91.2 Å². The summed E-state index contributed by atoms with van der Waals surface area (Å²) in [4.78, 5) is 22.2. The topological polar surface area (TPSA) is 83.1 Å². The van der Waals surface area contributed by atoms with Crippen molar-refractivity contribution in [1.29, 1.82) is 0 Å². The van der Waals surface area contributed by atoms with Crippen LogP contribution >= 0.6 is 0 Å². The second-order valence-corrected chi connectivity index (χ2v) is 3.43. The van der Waals surface area contributed by atoms with Gasteiger partial charge in [0, 0.05) is 18.4 Å². The van der Waals surface area contributed by atoms with Crippen molar-refractivity contribution >= 4 is 17.6 Å². The molecule has 0 saturated heterocycles. The number of aliphatic carboxylic acids is 1. The predicted molar refractivity (Wildman–Crippen MR) is 53.6 cm³/mol. The molecule has 1 aliphatic rings. The van der Waals surface area contributed by atoms with Gasteiger partial charge in [-0.3, -0.25) is 4.79 Å². The number of carboxylic acids is 1. The van der Waals surface area contributed by atoms with E-state index >= 15 is 0 Å². The Morgan fingerprint density at radius 3 is 3.00 bits per heavy atom. The summed E-state index contributed by atoms with van der Waals surface area (Å²) in [6.07, 6.45) is 3.36. The first kappa shape index (κ1) is 10.4. The van der Waals surface area contributed by atoms with E-state index in [0.29, 0.717) is 0 Å². The minimum absolute atomic E-state index is 0.0168. The third-order valence-corrected chi connectivity index (χ3v) is 2.26. The lowest BCUT2D eigenvalue weighted by Crippen LogP contribution is -2.33. The second-order valence-electron chi connectivity index (χ2n) is 3.43. The molecule has 0 atom stereocenters. The molecule has 2 heterocycles. The van der Waals surface area contributed by atoms with Crippen molar-refractivity contribution in [2.45, 2.75) is 19.4 Å². The molecule has 1 aromatic heterocycles. The van der Waals surface area contributed by atoms with E-state index < -0.39 is 5.97 Å². The molecule has 0 radical (unpaired) electrons. The summed E-state index contributed by atoms with van der Waals surface area (Å²) in [5, 5.41) is 13.7. The Morgan fingerprint density at radius 2 is 2.38 bits per heavy atom. The molecule has 0 aliphatic carbocycles. The van der Waals surface area contributed by atoms with Crippen LogP contribution in [0.25, 0.3) is 0 Å². The summed E-state index contributed by atoms with van der Waals surface area (Å²) in [6, 6.07) is 1.71. The molecule has 2 rings (SSSR count). The molecule has 6 nitrogen and oxygen atoms in total. The lowest BCUT2D eigenvalue weighted by atomic mass is 10.1. The van der Waals surface area contributed by atoms with Gasteiger partial charge in [-0.15, -0.1) is 0 Å². The fourth-order valence-electron chi connectivity index (χ4n) is 1.43. The number of carbonyl (C=O) groups is 2. The number of hydrazone groups is 1. The van der Waals surface area contributed by atoms with E-state index in [9.17, 15) is 9.59 Å². The van der Waals surface area contributed by atoms with Crippen LogP contribution in [0, 0.1) is 0 Å². The van der Waals surface area contributed by atoms with E-state index in [0.717, 1.165) is 10.6 Å². The highest BCUT2D eigenvalue weighted by Gasteiger charge is 2.24. The second kappa shape index (κ2) is 4.18. The molecule has 0 fully saturated rings. The molecule has 1 aromatic rings. The molecule has 0 bridgehead atoms. The van der Waals surface area contributed by atoms with Gasteiger partial charge in [0.1, 0.15) is 5.71 Å². The molecule has 1 N–H and O–H groups in total. The fourth-order valence-corrected chi connectivity index (χ4v) is 1.43. The number of nitrogens with zero attached hydrogens (tertiary/aromatic N) is 2. The Balaban J connectivity index is 2.15. The van der Waals surface area contributed by atoms with Gasteiger partial charge in [-0.05, 0) is 6.07 Å². The number of hydrogen-bond acceptors (Lipinski definition) is 4. The molecule has 0 unspecified atom stereocenters. The van der Waals surface area contributed by atoms with Crippen molar-refractivity contribution in [3.8, 4) is 0 Å². The summed E-state index contributed by atoms with van der Waals surface area (Å²) >= 11 is 0. The maximum Gasteiger partial charge on any atom is 0.352 e. The average molecular weight is 222 g/mol. The van der Waals surface area contributed by atoms with E-state index in [2.05, 4.69) is 5.10 Å². The first-order chi connectivity index (χ1) is 7.66. The van der Waals surface area contributed by atoms with Crippen LogP contribution in [0.15, 0.2) is 28.1 Å². The minimum Gasteiger partial charge on any atom is -0.477 e. The summed E-state index contributed by atoms with van der Waals surface area (Å²) in [6.45, 7) is 0.242. The largest absolute Gasteiger partial charge is 0.477 e. The van der Waals surface area contributed by atoms with Crippen molar-refractivity contribution in [2.24, 2.45) is 5.10 Å². The molecule has 0 aromatic carbocycles. The average Bonchev–Trinajstić information content (AvgIpc) is 2.73. The normalized spacial score (nSPS) is 16.1. The third kappa shape index (κ3) is 2.10. The lowest BCUT2D eigenvalue weighted by molar-refractivity contribution is -0.133. The maximum atomic E-state index is 11.5. The number of amides is 1. The van der Waals surface area contributed by atoms with Crippen LogP contribution in [0.2, 0.25) is 0 Å². The van der Waals surface area contributed by atoms with Gasteiger partial charge in [0.05, 0.1) is 19.1 Å². The zero-order valence-electron chi connectivity index (χ0n) is 8.42. The Bertz CT molecular complexity index is 436. The minimum atomic E-state index is -1.08. The van der Waals surface area contributed by atoms with Crippen LogP contribution in [0.4, 0.5) is 0 Å². The highest BCUT2D eigenvalue weighted by atomic mass is 16.4. The maximum absolute atomic E-state index is 11.5. The van der Waals surface area contributed by atoms with Crippen molar-refractivity contribution in [1.82, 2.24) is 5.01 Å². The van der Waals surface area contributed by atoms with Crippen LogP contribution in [0.1, 0.15) is 18.4 Å². The third-order valence-electron chi connectivity index (χ3n) is 2.26. The lowest BCUT2D eigenvalue weighted by Gasteiger charge is -2.21. The SMILES string of the molecule is O=C(O)C1=NN(Cc2ccoc2)C(=O)CC1. The smallest absolute Gasteiger partial charge is 0.352 e. The van der Waals surface area contributed by atoms with E-state index in [-0.39, 0.29) is 31.0 Å². The highest BCUT2D eigenvalue weighted by Crippen LogP contribution is 2.13. The first-order valence-corrected chi connectivity index (χ1v) is 4.79. The van der Waals surface area contributed by atoms with Gasteiger partial charge in [-0.1, -0.05) is 0 Å². The highest BCUT2D eigenvalue weighted by molar-refractivity contribution is 6.36. The summed E-state index contributed by atoms with van der Waals surface area (Å²) < 4.78 is 4.86. The van der Waals surface area contributed by atoms with Gasteiger partial charge in [-0.25, -0.2) is 9.80 Å². The van der Waals surface area contributed by atoms with E-state index in [4.69, 9.17) is 9.52 Å². The van der Waals surface area contributed by atoms with Gasteiger partial charge in [0.2, 0.25) is 5.91 Å². The van der Waals surface area contributed by atoms with Crippen molar-refractivity contribution in [3.05, 3.63) is 24.2 Å². The Hall–Kier alpha value is -2.11. The van der Waals surface area contributed by atoms with Crippen LogP contribution in [0.3, 0.4) is 0 Å². The van der Waals surface area contributed by atoms with Crippen LogP contribution in [-0.2, 0) is 16.1 Å². The molecule has 84 valence electrons. The van der Waals surface area contributed by atoms with Crippen LogP contribution in [0.5, 0.6) is 0 Å².